The van der Waals surface area contributed by atoms with Crippen LogP contribution in [0.25, 0.3) is 0 Å². The van der Waals surface area contributed by atoms with Gasteiger partial charge in [-0.25, -0.2) is 0 Å². The highest BCUT2D eigenvalue weighted by atomic mass is 32.2. The normalized spacial score (nSPS) is 38.2. The molecule has 0 spiro atoms. The van der Waals surface area contributed by atoms with Crippen molar-refractivity contribution in [2.45, 2.75) is 135 Å². The Balaban J connectivity index is 1.23. The number of rotatable bonds is 10. The second-order valence-electron chi connectivity index (χ2n) is 14.2. The Bertz CT molecular complexity index is 1110. The number of hydrogen-bond donors (Lipinski definition) is 0. The summed E-state index contributed by atoms with van der Waals surface area (Å²) >= 11 is 0. The molecule has 1 aromatic rings. The van der Waals surface area contributed by atoms with Gasteiger partial charge in [-0.05, 0) is 105 Å². The van der Waals surface area contributed by atoms with Crippen LogP contribution in [0.1, 0.15) is 123 Å². The van der Waals surface area contributed by atoms with Gasteiger partial charge >= 0.3 is 0 Å². The zero-order valence-electron chi connectivity index (χ0n) is 24.9. The van der Waals surface area contributed by atoms with Gasteiger partial charge in [-0.1, -0.05) is 77.0 Å². The topological polar surface area (TPSA) is 60.4 Å². The Morgan fingerprint density at radius 3 is 2.28 bits per heavy atom. The van der Waals surface area contributed by atoms with E-state index >= 15 is 0 Å². The van der Waals surface area contributed by atoms with E-state index in [0.717, 1.165) is 30.7 Å². The molecule has 39 heavy (non-hydrogen) atoms. The highest BCUT2D eigenvalue weighted by Gasteiger charge is 2.62. The molecule has 218 valence electrons. The van der Waals surface area contributed by atoms with E-state index in [4.69, 9.17) is 4.18 Å². The summed E-state index contributed by atoms with van der Waals surface area (Å²) in [5, 5.41) is 0. The second-order valence-corrected chi connectivity index (χ2v) is 15.8. The molecule has 4 nitrogen and oxygen atoms in total. The molecule has 5 heteroatoms. The first kappa shape index (κ1) is 29.3. The van der Waals surface area contributed by atoms with Crippen LogP contribution in [-0.4, -0.2) is 20.3 Å². The standard InChI is InChI=1S/C34H52O4S/c1-5-6-7-8-9-10-11-25-14-17-29-32-30(19-21-33(25,29)3)34(4)20-18-27(22-26(34)23-31(32)35)38-39(36,37)28-15-12-24(2)13-16-28/h12-13,15-16,25-27,29-30,32H,5-11,14,17-23H2,1-4H3/t25-,26+,27-,29+,30+,32-,33+,34-/m0/s1. The minimum Gasteiger partial charge on any atom is -0.299 e. The molecule has 5 rings (SSSR count). The molecule has 0 radical (unpaired) electrons. The van der Waals surface area contributed by atoms with Gasteiger partial charge in [0.05, 0.1) is 11.0 Å². The third-order valence-electron chi connectivity index (χ3n) is 12.1. The minimum absolute atomic E-state index is 0.116. The van der Waals surface area contributed by atoms with Crippen LogP contribution in [0.3, 0.4) is 0 Å². The lowest BCUT2D eigenvalue weighted by molar-refractivity contribution is -0.159. The van der Waals surface area contributed by atoms with Crippen molar-refractivity contribution >= 4 is 15.9 Å². The number of hydrogen-bond acceptors (Lipinski definition) is 4. The van der Waals surface area contributed by atoms with Crippen LogP contribution in [0.5, 0.6) is 0 Å². The zero-order valence-corrected chi connectivity index (χ0v) is 25.7. The fraction of sp³-hybridized carbons (Fsp3) is 0.794. The van der Waals surface area contributed by atoms with Gasteiger partial charge in [-0.3, -0.25) is 8.98 Å². The summed E-state index contributed by atoms with van der Waals surface area (Å²) in [6.45, 7) is 9.19. The highest BCUT2D eigenvalue weighted by molar-refractivity contribution is 7.86. The maximum Gasteiger partial charge on any atom is 0.297 e. The monoisotopic (exact) mass is 556 g/mol. The molecule has 0 unspecified atom stereocenters. The number of aryl methyl sites for hydroxylation is 1. The first-order valence-corrected chi connectivity index (χ1v) is 17.5. The van der Waals surface area contributed by atoms with Crippen molar-refractivity contribution in [1.29, 1.82) is 0 Å². The Morgan fingerprint density at radius 2 is 1.54 bits per heavy atom. The first-order valence-electron chi connectivity index (χ1n) is 16.1. The summed E-state index contributed by atoms with van der Waals surface area (Å²) in [5.74, 6) is 2.69. The molecule has 0 heterocycles. The van der Waals surface area contributed by atoms with Crippen LogP contribution in [0.2, 0.25) is 0 Å². The molecule has 0 N–H and O–H groups in total. The van der Waals surface area contributed by atoms with Crippen LogP contribution in [0.15, 0.2) is 29.2 Å². The number of unbranched alkanes of at least 4 members (excludes halogenated alkanes) is 5. The predicted molar refractivity (Wildman–Crippen MR) is 157 cm³/mol. The summed E-state index contributed by atoms with van der Waals surface area (Å²) in [4.78, 5) is 14.1. The van der Waals surface area contributed by atoms with Gasteiger partial charge in [-0.15, -0.1) is 0 Å². The molecule has 0 amide bonds. The predicted octanol–water partition coefficient (Wildman–Crippen LogP) is 8.66. The van der Waals surface area contributed by atoms with Crippen molar-refractivity contribution < 1.29 is 17.4 Å². The molecule has 0 aliphatic heterocycles. The maximum absolute atomic E-state index is 13.9. The van der Waals surface area contributed by atoms with Gasteiger partial charge in [0.15, 0.2) is 0 Å². The van der Waals surface area contributed by atoms with E-state index in [-0.39, 0.29) is 28.3 Å². The quantitative estimate of drug-likeness (QED) is 0.214. The molecule has 1 aromatic carbocycles. The van der Waals surface area contributed by atoms with Gasteiger partial charge in [0.25, 0.3) is 10.1 Å². The van der Waals surface area contributed by atoms with E-state index in [1.54, 1.807) is 12.1 Å². The number of benzene rings is 1. The van der Waals surface area contributed by atoms with Crippen LogP contribution in [0, 0.1) is 47.3 Å². The van der Waals surface area contributed by atoms with E-state index in [0.29, 0.717) is 35.9 Å². The number of fused-ring (bicyclic) bond motifs is 5. The molecular formula is C34H52O4S. The number of Topliss-reactive ketones (excluding diaryl/α,β-unsaturated/α-hetero) is 1. The molecule has 4 saturated carbocycles. The maximum atomic E-state index is 13.9. The largest absolute Gasteiger partial charge is 0.299 e. The lowest BCUT2D eigenvalue weighted by Crippen LogP contribution is -2.57. The van der Waals surface area contributed by atoms with E-state index in [1.807, 2.05) is 19.1 Å². The summed E-state index contributed by atoms with van der Waals surface area (Å²) in [6, 6.07) is 6.89. The lowest BCUT2D eigenvalue weighted by Gasteiger charge is -2.60. The summed E-state index contributed by atoms with van der Waals surface area (Å²) in [6.07, 6.45) is 17.1. The third kappa shape index (κ3) is 5.65. The smallest absolute Gasteiger partial charge is 0.297 e. The van der Waals surface area contributed by atoms with Crippen molar-refractivity contribution in [3.8, 4) is 0 Å². The van der Waals surface area contributed by atoms with Crippen LogP contribution >= 0.6 is 0 Å². The van der Waals surface area contributed by atoms with Crippen molar-refractivity contribution in [1.82, 2.24) is 0 Å². The van der Waals surface area contributed by atoms with Crippen molar-refractivity contribution in [3.63, 3.8) is 0 Å². The molecule has 4 fully saturated rings. The first-order chi connectivity index (χ1) is 18.6. The zero-order chi connectivity index (χ0) is 27.8. The van der Waals surface area contributed by atoms with Gasteiger partial charge < -0.3 is 0 Å². The van der Waals surface area contributed by atoms with Gasteiger partial charge in [0, 0.05) is 12.3 Å². The van der Waals surface area contributed by atoms with Crippen LogP contribution in [-0.2, 0) is 19.1 Å². The van der Waals surface area contributed by atoms with Gasteiger partial charge in [0.2, 0.25) is 0 Å². The number of carbonyl (C=O) groups is 1. The van der Waals surface area contributed by atoms with Gasteiger partial charge in [0.1, 0.15) is 5.78 Å². The van der Waals surface area contributed by atoms with E-state index in [1.165, 1.54) is 64.2 Å². The van der Waals surface area contributed by atoms with Crippen molar-refractivity contribution in [2.75, 3.05) is 0 Å². The second kappa shape index (κ2) is 11.6. The fourth-order valence-electron chi connectivity index (χ4n) is 9.67. The average Bonchev–Trinajstić information content (AvgIpc) is 3.23. The molecule has 0 aromatic heterocycles. The molecule has 0 saturated heterocycles. The van der Waals surface area contributed by atoms with Crippen LogP contribution < -0.4 is 0 Å². The van der Waals surface area contributed by atoms with Crippen molar-refractivity contribution in [2.24, 2.45) is 40.4 Å². The number of ketones is 1. The SMILES string of the molecule is CCCCCCCC[C@H]1CC[C@@H]2[C@@H]3C(=O)C[C@H]4C[C@@H](OS(=O)(=O)c5ccc(C)cc5)CC[C@]4(C)[C@@H]3CC[C@]12C. The summed E-state index contributed by atoms with van der Waals surface area (Å²) in [5.41, 5.74) is 1.47. The van der Waals surface area contributed by atoms with Crippen LogP contribution in [0.4, 0.5) is 0 Å². The highest BCUT2D eigenvalue weighted by Crippen LogP contribution is 2.67. The average molecular weight is 557 g/mol. The third-order valence-corrected chi connectivity index (χ3v) is 13.5. The lowest BCUT2D eigenvalue weighted by atomic mass is 9.44. The van der Waals surface area contributed by atoms with Gasteiger partial charge in [-0.2, -0.15) is 8.42 Å². The summed E-state index contributed by atoms with van der Waals surface area (Å²) < 4.78 is 31.8. The number of carbonyl (C=O) groups excluding carboxylic acids is 1. The molecule has 4 aliphatic rings. The molecular weight excluding hydrogens is 504 g/mol. The van der Waals surface area contributed by atoms with E-state index in [2.05, 4.69) is 20.8 Å². The fourth-order valence-corrected chi connectivity index (χ4v) is 10.8. The Morgan fingerprint density at radius 1 is 0.872 bits per heavy atom. The Labute approximate surface area is 238 Å². The van der Waals surface area contributed by atoms with E-state index in [9.17, 15) is 13.2 Å². The minimum atomic E-state index is -3.80. The Hall–Kier alpha value is -1.20. The molecule has 0 bridgehead atoms. The molecule has 4 aliphatic carbocycles. The Kier molecular flexibility index (Phi) is 8.70. The summed E-state index contributed by atoms with van der Waals surface area (Å²) in [7, 11) is -3.80. The van der Waals surface area contributed by atoms with Crippen molar-refractivity contribution in [3.05, 3.63) is 29.8 Å². The van der Waals surface area contributed by atoms with E-state index < -0.39 is 10.1 Å². The molecule has 8 atom stereocenters.